The third-order valence-corrected chi connectivity index (χ3v) is 7.49. The van der Waals surface area contributed by atoms with Crippen LogP contribution in [-0.2, 0) is 27.8 Å². The summed E-state index contributed by atoms with van der Waals surface area (Å²) < 4.78 is 61.3. The quantitative estimate of drug-likeness (QED) is 0.788. The number of nitrogens with zero attached hydrogens (tertiary/aromatic N) is 3. The molecule has 8 nitrogen and oxygen atoms in total. The molecule has 1 aromatic carbocycles. The van der Waals surface area contributed by atoms with Gasteiger partial charge in [0, 0.05) is 24.6 Å². The van der Waals surface area contributed by atoms with Gasteiger partial charge in [0.2, 0.25) is 9.84 Å². The summed E-state index contributed by atoms with van der Waals surface area (Å²) in [5.41, 5.74) is 1.36. The maximum atomic E-state index is 15.2. The summed E-state index contributed by atoms with van der Waals surface area (Å²) in [6.07, 6.45) is 2.53. The first-order valence-corrected chi connectivity index (χ1v) is 10.9. The van der Waals surface area contributed by atoms with Crippen LogP contribution in [0.25, 0.3) is 0 Å². The van der Waals surface area contributed by atoms with Crippen LogP contribution >= 0.6 is 0 Å². The van der Waals surface area contributed by atoms with E-state index in [1.807, 2.05) is 0 Å². The number of hydrogen-bond donors (Lipinski definition) is 1. The zero-order chi connectivity index (χ0) is 21.4. The van der Waals surface area contributed by atoms with Gasteiger partial charge in [0.25, 0.3) is 0 Å². The van der Waals surface area contributed by atoms with Crippen LogP contribution in [0.4, 0.5) is 19.3 Å². The molecule has 0 radical (unpaired) electrons. The summed E-state index contributed by atoms with van der Waals surface area (Å²) in [4.78, 5) is 13.3. The number of hydrogen-bond acceptors (Lipinski definition) is 6. The van der Waals surface area contributed by atoms with Gasteiger partial charge in [-0.05, 0) is 30.5 Å². The van der Waals surface area contributed by atoms with Crippen LogP contribution in [0.2, 0.25) is 0 Å². The Labute approximate surface area is 172 Å². The molecule has 0 atom stereocenters. The number of halogens is 2. The number of carbonyl (C=O) groups is 1. The molecule has 1 saturated heterocycles. The van der Waals surface area contributed by atoms with Gasteiger partial charge < -0.3 is 15.0 Å². The molecule has 160 valence electrons. The molecule has 2 aliphatic heterocycles. The van der Waals surface area contributed by atoms with Crippen molar-refractivity contribution in [1.82, 2.24) is 15.1 Å². The standard InChI is InChI=1S/C19H20F2N4O4S/c20-19(21,30(27,28)17-3-1-2-13-11-29-12-16(13)17)14-5-8-25(9-6-14)18(26)24-15-4-7-22-23-10-15/h1-4,7,10,14H,5-6,8-9,11-12H2,(H,22,24,26). The minimum atomic E-state index is -4.90. The summed E-state index contributed by atoms with van der Waals surface area (Å²) in [7, 11) is -4.90. The van der Waals surface area contributed by atoms with E-state index in [1.54, 1.807) is 12.1 Å². The van der Waals surface area contributed by atoms with Crippen LogP contribution in [0.3, 0.4) is 0 Å². The first-order valence-electron chi connectivity index (χ1n) is 9.44. The summed E-state index contributed by atoms with van der Waals surface area (Å²) in [6, 6.07) is 5.44. The second-order valence-electron chi connectivity index (χ2n) is 7.27. The average molecular weight is 438 g/mol. The zero-order valence-electron chi connectivity index (χ0n) is 15.9. The number of likely N-dealkylation sites (tertiary alicyclic amines) is 1. The molecule has 30 heavy (non-hydrogen) atoms. The predicted octanol–water partition coefficient (Wildman–Crippen LogP) is 2.82. The summed E-state index contributed by atoms with van der Waals surface area (Å²) in [6.45, 7) is 0.264. The van der Waals surface area contributed by atoms with Crippen molar-refractivity contribution in [2.24, 2.45) is 5.92 Å². The number of anilines is 1. The van der Waals surface area contributed by atoms with Crippen molar-refractivity contribution in [1.29, 1.82) is 0 Å². The number of carbonyl (C=O) groups excluding carboxylic acids is 1. The lowest BCUT2D eigenvalue weighted by Crippen LogP contribution is -2.47. The summed E-state index contributed by atoms with van der Waals surface area (Å²) in [5, 5.41) is 5.93. The van der Waals surface area contributed by atoms with Crippen molar-refractivity contribution in [3.05, 3.63) is 47.8 Å². The highest BCUT2D eigenvalue weighted by Crippen LogP contribution is 2.43. The van der Waals surface area contributed by atoms with E-state index in [2.05, 4.69) is 15.5 Å². The van der Waals surface area contributed by atoms with Gasteiger partial charge in [-0.2, -0.15) is 19.0 Å². The van der Waals surface area contributed by atoms with E-state index in [9.17, 15) is 13.2 Å². The maximum Gasteiger partial charge on any atom is 0.352 e. The van der Waals surface area contributed by atoms with Crippen LogP contribution in [0.1, 0.15) is 24.0 Å². The van der Waals surface area contributed by atoms with Gasteiger partial charge in [-0.3, -0.25) is 0 Å². The number of ether oxygens (including phenoxy) is 1. The fourth-order valence-corrected chi connectivity index (χ4v) is 5.52. The number of piperidine rings is 1. The Bertz CT molecular complexity index is 1040. The monoisotopic (exact) mass is 438 g/mol. The van der Waals surface area contributed by atoms with E-state index >= 15 is 8.78 Å². The van der Waals surface area contributed by atoms with Gasteiger partial charge >= 0.3 is 11.3 Å². The third-order valence-electron chi connectivity index (χ3n) is 5.47. The Morgan fingerprint density at radius 2 is 1.93 bits per heavy atom. The first kappa shape index (κ1) is 20.6. The summed E-state index contributed by atoms with van der Waals surface area (Å²) >= 11 is 0. The smallest absolute Gasteiger partial charge is 0.352 e. The van der Waals surface area contributed by atoms with Crippen molar-refractivity contribution in [3.8, 4) is 0 Å². The van der Waals surface area contributed by atoms with E-state index < -0.39 is 27.0 Å². The maximum absolute atomic E-state index is 15.2. The molecule has 0 bridgehead atoms. The predicted molar refractivity (Wildman–Crippen MR) is 102 cm³/mol. The van der Waals surface area contributed by atoms with E-state index in [0.29, 0.717) is 16.8 Å². The van der Waals surface area contributed by atoms with Crippen LogP contribution in [0.15, 0.2) is 41.6 Å². The van der Waals surface area contributed by atoms with E-state index in [4.69, 9.17) is 4.74 Å². The van der Waals surface area contributed by atoms with Crippen LogP contribution in [-0.4, -0.2) is 47.9 Å². The molecule has 2 aromatic rings. The first-order chi connectivity index (χ1) is 14.3. The van der Waals surface area contributed by atoms with Crippen molar-refractivity contribution < 1.29 is 26.7 Å². The lowest BCUT2D eigenvalue weighted by molar-refractivity contribution is 0.000342. The van der Waals surface area contributed by atoms with Crippen molar-refractivity contribution in [2.75, 3.05) is 18.4 Å². The highest BCUT2D eigenvalue weighted by Gasteiger charge is 2.54. The lowest BCUT2D eigenvalue weighted by Gasteiger charge is -2.35. The number of fused-ring (bicyclic) bond motifs is 1. The van der Waals surface area contributed by atoms with Crippen molar-refractivity contribution in [2.45, 2.75) is 36.2 Å². The molecule has 0 unspecified atom stereocenters. The number of alkyl halides is 2. The molecule has 1 fully saturated rings. The Balaban J connectivity index is 1.46. The largest absolute Gasteiger partial charge is 0.372 e. The van der Waals surface area contributed by atoms with E-state index in [0.717, 1.165) is 0 Å². The molecule has 1 aromatic heterocycles. The van der Waals surface area contributed by atoms with Gasteiger partial charge in [-0.25, -0.2) is 13.2 Å². The Hall–Kier alpha value is -2.66. The number of urea groups is 1. The molecule has 0 spiro atoms. The third kappa shape index (κ3) is 3.63. The molecule has 1 N–H and O–H groups in total. The molecular formula is C19H20F2N4O4S. The van der Waals surface area contributed by atoms with Crippen LogP contribution < -0.4 is 5.32 Å². The number of benzene rings is 1. The fourth-order valence-electron chi connectivity index (χ4n) is 3.78. The van der Waals surface area contributed by atoms with Gasteiger partial charge in [0.1, 0.15) is 0 Å². The minimum Gasteiger partial charge on any atom is -0.372 e. The van der Waals surface area contributed by atoms with Gasteiger partial charge in [-0.15, -0.1) is 0 Å². The molecule has 11 heteroatoms. The van der Waals surface area contributed by atoms with Crippen LogP contribution in [0.5, 0.6) is 0 Å². The number of nitrogens with one attached hydrogen (secondary N) is 1. The van der Waals surface area contributed by atoms with Gasteiger partial charge in [0.15, 0.2) is 0 Å². The summed E-state index contributed by atoms with van der Waals surface area (Å²) in [5.74, 6) is -1.38. The number of sulfone groups is 1. The second-order valence-corrected chi connectivity index (χ2v) is 9.27. The SMILES string of the molecule is O=C(Nc1ccnnc1)N1CCC(C(F)(F)S(=O)(=O)c2cccc3c2COC3)CC1. The molecule has 2 amide bonds. The topological polar surface area (TPSA) is 101 Å². The Morgan fingerprint density at radius 3 is 2.63 bits per heavy atom. The van der Waals surface area contributed by atoms with Crippen molar-refractivity contribution >= 4 is 21.6 Å². The number of amides is 2. The number of rotatable bonds is 4. The van der Waals surface area contributed by atoms with Gasteiger partial charge in [-0.1, -0.05) is 12.1 Å². The highest BCUT2D eigenvalue weighted by atomic mass is 32.2. The molecule has 0 saturated carbocycles. The van der Waals surface area contributed by atoms with Crippen molar-refractivity contribution in [3.63, 3.8) is 0 Å². The fraction of sp³-hybridized carbons (Fsp3) is 0.421. The average Bonchev–Trinajstić information content (AvgIpc) is 3.23. The highest BCUT2D eigenvalue weighted by molar-refractivity contribution is 7.92. The molecule has 0 aliphatic carbocycles. The molecule has 2 aliphatic rings. The zero-order valence-corrected chi connectivity index (χ0v) is 16.7. The second kappa shape index (κ2) is 7.88. The Morgan fingerprint density at radius 1 is 1.17 bits per heavy atom. The van der Waals surface area contributed by atoms with E-state index in [-0.39, 0.29) is 44.0 Å². The number of aromatic nitrogens is 2. The molecule has 4 rings (SSSR count). The van der Waals surface area contributed by atoms with Crippen LogP contribution in [0, 0.1) is 5.92 Å². The lowest BCUT2D eigenvalue weighted by atomic mass is 9.97. The normalized spacial score (nSPS) is 17.6. The van der Waals surface area contributed by atoms with E-state index in [1.165, 1.54) is 29.4 Å². The molecular weight excluding hydrogens is 418 g/mol. The minimum absolute atomic E-state index is 0.00327. The van der Waals surface area contributed by atoms with Gasteiger partial charge in [0.05, 0.1) is 36.2 Å². The Kier molecular flexibility index (Phi) is 5.41. The molecule has 3 heterocycles.